The van der Waals surface area contributed by atoms with Crippen molar-refractivity contribution in [1.82, 2.24) is 0 Å². The first-order valence-corrected chi connectivity index (χ1v) is 8.10. The van der Waals surface area contributed by atoms with Crippen LogP contribution in [-0.4, -0.2) is 36.0 Å². The molecule has 0 aliphatic heterocycles. The van der Waals surface area contributed by atoms with Crippen molar-refractivity contribution in [3.63, 3.8) is 0 Å². The summed E-state index contributed by atoms with van der Waals surface area (Å²) in [4.78, 5) is -3.11. The maximum Gasteiger partial charge on any atom is 0.299 e. The van der Waals surface area contributed by atoms with Crippen LogP contribution in [0.3, 0.4) is 0 Å². The predicted molar refractivity (Wildman–Crippen MR) is 68.6 cm³/mol. The second-order valence-corrected chi connectivity index (χ2v) is 7.47. The molecule has 0 fully saturated rings. The minimum absolute atomic E-state index is 0.0697. The van der Waals surface area contributed by atoms with Gasteiger partial charge in [-0.1, -0.05) is 6.07 Å². The number of hydrogen-bond acceptors (Lipinski definition) is 6. The van der Waals surface area contributed by atoms with Gasteiger partial charge in [0.25, 0.3) is 20.2 Å². The topological polar surface area (TPSA) is 155 Å². The van der Waals surface area contributed by atoms with Crippen molar-refractivity contribution in [3.05, 3.63) is 35.4 Å². The average molecular weight is 321 g/mol. The van der Waals surface area contributed by atoms with Crippen LogP contribution in [0.5, 0.6) is 0 Å². The summed E-state index contributed by atoms with van der Waals surface area (Å²) >= 11 is 0. The first-order chi connectivity index (χ1) is 8.94. The summed E-state index contributed by atoms with van der Waals surface area (Å²) < 4.78 is 62.4. The van der Waals surface area contributed by atoms with Gasteiger partial charge in [0.2, 0.25) is 4.93 Å². The third-order valence-corrected chi connectivity index (χ3v) is 4.96. The predicted octanol–water partition coefficient (Wildman–Crippen LogP) is -0.635. The zero-order valence-corrected chi connectivity index (χ0v) is 11.5. The maximum absolute atomic E-state index is 11.2. The molecule has 0 saturated heterocycles. The fraction of sp³-hybridized carbons (Fsp3) is 0.200. The largest absolute Gasteiger partial charge is 0.398 e. The summed E-state index contributed by atoms with van der Waals surface area (Å²) in [5.74, 6) is 0. The first-order valence-electron chi connectivity index (χ1n) is 5.22. The molecule has 2 rings (SSSR count). The van der Waals surface area contributed by atoms with Crippen molar-refractivity contribution in [2.24, 2.45) is 5.73 Å². The highest BCUT2D eigenvalue weighted by atomic mass is 32.2. The zero-order valence-electron chi connectivity index (χ0n) is 9.88. The van der Waals surface area contributed by atoms with Crippen molar-refractivity contribution >= 4 is 25.9 Å². The van der Waals surface area contributed by atoms with Crippen LogP contribution in [0.1, 0.15) is 11.1 Å². The van der Waals surface area contributed by atoms with E-state index in [1.54, 1.807) is 0 Å². The highest BCUT2D eigenvalue weighted by Crippen LogP contribution is 2.33. The molecule has 1 aliphatic carbocycles. The molecule has 20 heavy (non-hydrogen) atoms. The highest BCUT2D eigenvalue weighted by molar-refractivity contribution is 7.87. The molecule has 110 valence electrons. The van der Waals surface area contributed by atoms with Gasteiger partial charge >= 0.3 is 0 Å². The van der Waals surface area contributed by atoms with Crippen LogP contribution in [0.4, 0.5) is 0 Å². The van der Waals surface area contributed by atoms with Gasteiger partial charge in [0.05, 0.1) is 4.90 Å². The lowest BCUT2D eigenvalue weighted by Gasteiger charge is -2.28. The Hall–Kier alpha value is -1.46. The molecule has 10 heteroatoms. The molecule has 1 aromatic carbocycles. The van der Waals surface area contributed by atoms with E-state index in [-0.39, 0.29) is 11.3 Å². The molecule has 0 radical (unpaired) electrons. The van der Waals surface area contributed by atoms with E-state index in [0.717, 1.165) is 18.2 Å². The molecule has 1 atom stereocenters. The number of benzene rings is 1. The van der Waals surface area contributed by atoms with Gasteiger partial charge in [0.1, 0.15) is 0 Å². The number of aliphatic hydroxyl groups is 1. The van der Waals surface area contributed by atoms with E-state index in [4.69, 9.17) is 14.8 Å². The quantitative estimate of drug-likeness (QED) is 0.524. The number of fused-ring (bicyclic) bond motifs is 1. The third kappa shape index (κ3) is 2.43. The van der Waals surface area contributed by atoms with Crippen molar-refractivity contribution in [3.8, 4) is 0 Å². The van der Waals surface area contributed by atoms with Crippen molar-refractivity contribution in [2.75, 3.05) is 0 Å². The smallest absolute Gasteiger partial charge is 0.299 e. The summed E-state index contributed by atoms with van der Waals surface area (Å²) in [6.07, 6.45) is 0.184. The van der Waals surface area contributed by atoms with E-state index in [1.807, 2.05) is 0 Å². The third-order valence-electron chi connectivity index (χ3n) is 2.96. The minimum atomic E-state index is -4.86. The molecule has 0 amide bonds. The van der Waals surface area contributed by atoms with Crippen LogP contribution >= 0.6 is 0 Å². The van der Waals surface area contributed by atoms with Crippen LogP contribution in [0.2, 0.25) is 0 Å². The van der Waals surface area contributed by atoms with Gasteiger partial charge in [-0.05, 0) is 23.8 Å². The maximum atomic E-state index is 11.2. The van der Waals surface area contributed by atoms with Crippen LogP contribution in [0, 0.1) is 0 Å². The fourth-order valence-electron chi connectivity index (χ4n) is 1.97. The van der Waals surface area contributed by atoms with Crippen molar-refractivity contribution in [1.29, 1.82) is 0 Å². The molecule has 8 nitrogen and oxygen atoms in total. The molecule has 0 spiro atoms. The number of hydrogen-bond donors (Lipinski definition) is 4. The molecule has 5 N–H and O–H groups in total. The standard InChI is InChI=1S/C10H11NO7S2/c11-9-5-10(12,20(16,17)18)4-6-3-7(19(13,14)15)1-2-8(6)9/h1-3,5,12H,4,11H2,(H,13,14,15)(H,16,17,18). The van der Waals surface area contributed by atoms with E-state index in [1.165, 1.54) is 6.07 Å². The van der Waals surface area contributed by atoms with Crippen molar-refractivity contribution < 1.29 is 31.0 Å². The van der Waals surface area contributed by atoms with Crippen LogP contribution < -0.4 is 5.73 Å². The molecule has 0 bridgehead atoms. The summed E-state index contributed by atoms with van der Waals surface area (Å²) in [5.41, 5.74) is 5.84. The molecular weight excluding hydrogens is 310 g/mol. The Bertz CT molecular complexity index is 810. The number of rotatable bonds is 2. The van der Waals surface area contributed by atoms with E-state index in [2.05, 4.69) is 0 Å². The Kier molecular flexibility index (Phi) is 3.19. The van der Waals surface area contributed by atoms with Crippen LogP contribution in [0.15, 0.2) is 29.2 Å². The van der Waals surface area contributed by atoms with Gasteiger partial charge in [-0.2, -0.15) is 16.8 Å². The lowest BCUT2D eigenvalue weighted by molar-refractivity contribution is 0.160. The van der Waals surface area contributed by atoms with Gasteiger partial charge in [0.15, 0.2) is 0 Å². The fourth-order valence-corrected chi connectivity index (χ4v) is 3.11. The molecule has 1 unspecified atom stereocenters. The van der Waals surface area contributed by atoms with E-state index < -0.39 is 36.5 Å². The monoisotopic (exact) mass is 321 g/mol. The minimum Gasteiger partial charge on any atom is -0.398 e. The average Bonchev–Trinajstić information content (AvgIpc) is 2.25. The van der Waals surface area contributed by atoms with Crippen LogP contribution in [0.25, 0.3) is 5.70 Å². The second kappa shape index (κ2) is 4.27. The second-order valence-electron chi connectivity index (χ2n) is 4.39. The van der Waals surface area contributed by atoms with Gasteiger partial charge in [-0.3, -0.25) is 9.11 Å². The van der Waals surface area contributed by atoms with Crippen molar-refractivity contribution in [2.45, 2.75) is 16.2 Å². The normalized spacial score (nSPS) is 23.1. The SMILES string of the molecule is NC1=CC(O)(S(=O)(=O)O)Cc2cc(S(=O)(=O)O)ccc21. The molecule has 0 saturated carbocycles. The Balaban J connectivity index is 2.66. The first kappa shape index (κ1) is 14.9. The lowest BCUT2D eigenvalue weighted by Crippen LogP contribution is -2.41. The zero-order chi connectivity index (χ0) is 15.3. The van der Waals surface area contributed by atoms with Gasteiger partial charge in [-0.25, -0.2) is 0 Å². The Morgan fingerprint density at radius 2 is 1.75 bits per heavy atom. The van der Waals surface area contributed by atoms with Crippen LogP contribution in [-0.2, 0) is 26.7 Å². The summed E-state index contributed by atoms with van der Waals surface area (Å²) in [6.45, 7) is 0. The van der Waals surface area contributed by atoms with Gasteiger partial charge in [-0.15, -0.1) is 0 Å². The summed E-state index contributed by atoms with van der Waals surface area (Å²) in [5, 5.41) is 9.91. The Morgan fingerprint density at radius 3 is 2.25 bits per heavy atom. The number of nitrogens with two attached hydrogens (primary N) is 1. The summed E-state index contributed by atoms with van der Waals surface area (Å²) in [7, 11) is -9.34. The lowest BCUT2D eigenvalue weighted by atomic mass is 9.93. The molecule has 0 heterocycles. The van der Waals surface area contributed by atoms with Gasteiger partial charge in [0, 0.05) is 17.7 Å². The molecule has 1 aromatic rings. The molecule has 1 aliphatic rings. The van der Waals surface area contributed by atoms with E-state index in [0.29, 0.717) is 5.56 Å². The van der Waals surface area contributed by atoms with E-state index >= 15 is 0 Å². The Labute approximate surface area is 115 Å². The Morgan fingerprint density at radius 1 is 1.15 bits per heavy atom. The highest BCUT2D eigenvalue weighted by Gasteiger charge is 2.42. The van der Waals surface area contributed by atoms with Gasteiger partial charge < -0.3 is 10.8 Å². The molecule has 0 aromatic heterocycles. The summed E-state index contributed by atoms with van der Waals surface area (Å²) in [6, 6.07) is 3.35. The van der Waals surface area contributed by atoms with E-state index in [9.17, 15) is 21.9 Å². The molecular formula is C10H11NO7S2.